The number of nitrogens with one attached hydrogen (secondary N) is 1. The van der Waals surface area contributed by atoms with Crippen LogP contribution in [0.15, 0.2) is 41.2 Å². The minimum Gasteiger partial charge on any atom is -0.493 e. The van der Waals surface area contributed by atoms with Gasteiger partial charge in [-0.2, -0.15) is 0 Å². The third-order valence-electron chi connectivity index (χ3n) is 6.73. The first-order valence-corrected chi connectivity index (χ1v) is 13.1. The SMILES string of the molecule is CCN(CC)CCCCOc1ccc(/C(=C\CCCC(N)=O)c2ccc(C3CC3)c(=O)[nH]2)cc1C. The molecule has 6 nitrogen and oxygen atoms in total. The maximum Gasteiger partial charge on any atom is 0.251 e. The topological polar surface area (TPSA) is 88.4 Å². The number of amides is 1. The van der Waals surface area contributed by atoms with Crippen LogP contribution in [0.3, 0.4) is 0 Å². The van der Waals surface area contributed by atoms with Gasteiger partial charge in [0.25, 0.3) is 5.56 Å². The molecule has 0 radical (unpaired) electrons. The second kappa shape index (κ2) is 13.3. The Morgan fingerprint density at radius 1 is 1.14 bits per heavy atom. The standard InChI is InChI=1S/C29H41N3O3/c1-4-32(5-2)18-8-9-19-35-27-17-14-23(20-21(27)3)24(10-6-7-11-28(30)33)26-16-15-25(22-12-13-22)29(34)31-26/h10,14-17,20,22H,4-9,11-13,18-19H2,1-3H3,(H2,30,33)(H,31,34)/b24-10+. The Balaban J connectivity index is 1.71. The van der Waals surface area contributed by atoms with Crippen molar-refractivity contribution >= 4 is 11.5 Å². The van der Waals surface area contributed by atoms with Crippen molar-refractivity contribution in [1.82, 2.24) is 9.88 Å². The molecule has 1 saturated carbocycles. The average Bonchev–Trinajstić information content (AvgIpc) is 3.67. The predicted molar refractivity (Wildman–Crippen MR) is 143 cm³/mol. The molecule has 0 bridgehead atoms. The van der Waals surface area contributed by atoms with E-state index in [1.165, 1.54) is 0 Å². The molecule has 2 aromatic rings. The first kappa shape index (κ1) is 26.7. The summed E-state index contributed by atoms with van der Waals surface area (Å²) in [4.78, 5) is 29.4. The van der Waals surface area contributed by atoms with Gasteiger partial charge in [0.2, 0.25) is 5.91 Å². The molecule has 1 aliphatic carbocycles. The number of rotatable bonds is 15. The summed E-state index contributed by atoms with van der Waals surface area (Å²) in [6.07, 6.45) is 8.15. The number of aromatic nitrogens is 1. The van der Waals surface area contributed by atoms with E-state index in [1.54, 1.807) is 0 Å². The van der Waals surface area contributed by atoms with E-state index in [0.717, 1.165) is 79.0 Å². The largest absolute Gasteiger partial charge is 0.493 e. The molecule has 0 aliphatic heterocycles. The van der Waals surface area contributed by atoms with Gasteiger partial charge in [-0.3, -0.25) is 9.59 Å². The number of allylic oxidation sites excluding steroid dienone is 1. The van der Waals surface area contributed by atoms with Gasteiger partial charge in [0.15, 0.2) is 0 Å². The van der Waals surface area contributed by atoms with Crippen molar-refractivity contribution in [2.24, 2.45) is 5.73 Å². The van der Waals surface area contributed by atoms with Crippen LogP contribution >= 0.6 is 0 Å². The van der Waals surface area contributed by atoms with Crippen LogP contribution in [-0.2, 0) is 4.79 Å². The van der Waals surface area contributed by atoms with Crippen molar-refractivity contribution in [1.29, 1.82) is 0 Å². The molecule has 6 heteroatoms. The van der Waals surface area contributed by atoms with Crippen LogP contribution in [0.5, 0.6) is 5.75 Å². The Morgan fingerprint density at radius 2 is 1.91 bits per heavy atom. The van der Waals surface area contributed by atoms with Gasteiger partial charge in [0.05, 0.1) is 6.61 Å². The summed E-state index contributed by atoms with van der Waals surface area (Å²) in [7, 11) is 0. The van der Waals surface area contributed by atoms with Gasteiger partial charge < -0.3 is 20.4 Å². The number of nitrogens with zero attached hydrogens (tertiary/aromatic N) is 1. The summed E-state index contributed by atoms with van der Waals surface area (Å²) in [6.45, 7) is 10.4. The highest BCUT2D eigenvalue weighted by molar-refractivity contribution is 5.79. The van der Waals surface area contributed by atoms with Gasteiger partial charge >= 0.3 is 0 Å². The normalized spacial score (nSPS) is 13.9. The van der Waals surface area contributed by atoms with Crippen molar-refractivity contribution in [2.45, 2.75) is 71.6 Å². The van der Waals surface area contributed by atoms with E-state index in [4.69, 9.17) is 10.5 Å². The molecular weight excluding hydrogens is 438 g/mol. The number of unbranched alkanes of at least 4 members (excludes halogenated alkanes) is 2. The molecule has 1 aromatic heterocycles. The predicted octanol–water partition coefficient (Wildman–Crippen LogP) is 5.15. The molecule has 0 unspecified atom stereocenters. The number of aromatic amines is 1. The molecule has 1 heterocycles. The first-order chi connectivity index (χ1) is 16.9. The number of aryl methyl sites for hydroxylation is 1. The number of primary amides is 1. The van der Waals surface area contributed by atoms with Crippen LogP contribution in [0.2, 0.25) is 0 Å². The highest BCUT2D eigenvalue weighted by Crippen LogP contribution is 2.38. The van der Waals surface area contributed by atoms with Crippen molar-refractivity contribution in [3.8, 4) is 5.75 Å². The van der Waals surface area contributed by atoms with Crippen molar-refractivity contribution in [2.75, 3.05) is 26.2 Å². The molecule has 190 valence electrons. The van der Waals surface area contributed by atoms with Gasteiger partial charge in [-0.1, -0.05) is 32.1 Å². The maximum absolute atomic E-state index is 12.7. The lowest BCUT2D eigenvalue weighted by Crippen LogP contribution is -2.24. The summed E-state index contributed by atoms with van der Waals surface area (Å²) in [6, 6.07) is 10.1. The molecule has 35 heavy (non-hydrogen) atoms. The van der Waals surface area contributed by atoms with Crippen LogP contribution in [0.25, 0.3) is 5.57 Å². The molecule has 0 atom stereocenters. The Labute approximate surface area is 209 Å². The van der Waals surface area contributed by atoms with E-state index in [2.05, 4.69) is 42.8 Å². The van der Waals surface area contributed by atoms with Crippen LogP contribution in [-0.4, -0.2) is 42.0 Å². The molecule has 0 spiro atoms. The van der Waals surface area contributed by atoms with Crippen LogP contribution in [0.4, 0.5) is 0 Å². The molecule has 1 aromatic carbocycles. The molecule has 3 rings (SSSR count). The number of H-pyrrole nitrogens is 1. The fourth-order valence-corrected chi connectivity index (χ4v) is 4.40. The second-order valence-corrected chi connectivity index (χ2v) is 9.47. The fraction of sp³-hybridized carbons (Fsp3) is 0.517. The van der Waals surface area contributed by atoms with E-state index in [9.17, 15) is 9.59 Å². The zero-order valence-electron chi connectivity index (χ0n) is 21.6. The molecule has 0 saturated heterocycles. The zero-order chi connectivity index (χ0) is 25.2. The lowest BCUT2D eigenvalue weighted by Gasteiger charge is -2.18. The number of ether oxygens (including phenoxy) is 1. The highest BCUT2D eigenvalue weighted by atomic mass is 16.5. The van der Waals surface area contributed by atoms with E-state index < -0.39 is 0 Å². The van der Waals surface area contributed by atoms with Crippen LogP contribution in [0.1, 0.15) is 87.1 Å². The van der Waals surface area contributed by atoms with Crippen LogP contribution in [0, 0.1) is 6.92 Å². The number of carbonyl (C=O) groups excluding carboxylic acids is 1. The Morgan fingerprint density at radius 3 is 2.54 bits per heavy atom. The van der Waals surface area contributed by atoms with E-state index in [1.807, 2.05) is 24.3 Å². The Kier molecular flexibility index (Phi) is 10.2. The van der Waals surface area contributed by atoms with Gasteiger partial charge in [0, 0.05) is 23.3 Å². The quantitative estimate of drug-likeness (QED) is 0.346. The average molecular weight is 480 g/mol. The monoisotopic (exact) mass is 479 g/mol. The maximum atomic E-state index is 12.7. The van der Waals surface area contributed by atoms with Gasteiger partial charge in [-0.15, -0.1) is 0 Å². The summed E-state index contributed by atoms with van der Waals surface area (Å²) < 4.78 is 6.07. The van der Waals surface area contributed by atoms with E-state index in [0.29, 0.717) is 31.8 Å². The summed E-state index contributed by atoms with van der Waals surface area (Å²) in [5.41, 5.74) is 10.0. The van der Waals surface area contributed by atoms with Crippen molar-refractivity contribution in [3.63, 3.8) is 0 Å². The van der Waals surface area contributed by atoms with Crippen molar-refractivity contribution < 1.29 is 9.53 Å². The highest BCUT2D eigenvalue weighted by Gasteiger charge is 2.26. The molecule has 3 N–H and O–H groups in total. The van der Waals surface area contributed by atoms with E-state index in [-0.39, 0.29) is 11.5 Å². The Bertz CT molecular complexity index is 1070. The molecule has 1 fully saturated rings. The minimum absolute atomic E-state index is 0.00516. The number of carbonyl (C=O) groups is 1. The number of pyridine rings is 1. The lowest BCUT2D eigenvalue weighted by atomic mass is 9.97. The third kappa shape index (κ3) is 8.10. The number of hydrogen-bond donors (Lipinski definition) is 2. The minimum atomic E-state index is -0.295. The molecular formula is C29H41N3O3. The second-order valence-electron chi connectivity index (χ2n) is 9.47. The number of benzene rings is 1. The van der Waals surface area contributed by atoms with Gasteiger partial charge in [-0.25, -0.2) is 0 Å². The zero-order valence-corrected chi connectivity index (χ0v) is 21.6. The summed E-state index contributed by atoms with van der Waals surface area (Å²) in [5.74, 6) is 1.00. The summed E-state index contributed by atoms with van der Waals surface area (Å²) in [5, 5.41) is 0. The van der Waals surface area contributed by atoms with Crippen molar-refractivity contribution in [3.05, 3.63) is 69.1 Å². The van der Waals surface area contributed by atoms with Gasteiger partial charge in [-0.05, 0) is 100 Å². The molecule has 1 aliphatic rings. The summed E-state index contributed by atoms with van der Waals surface area (Å²) >= 11 is 0. The van der Waals surface area contributed by atoms with E-state index >= 15 is 0 Å². The fourth-order valence-electron chi connectivity index (χ4n) is 4.40. The number of hydrogen-bond acceptors (Lipinski definition) is 4. The van der Waals surface area contributed by atoms with Gasteiger partial charge in [0.1, 0.15) is 5.75 Å². The Hall–Kier alpha value is -2.86. The third-order valence-corrected chi connectivity index (χ3v) is 6.73. The smallest absolute Gasteiger partial charge is 0.251 e. The lowest BCUT2D eigenvalue weighted by molar-refractivity contribution is -0.118. The first-order valence-electron chi connectivity index (χ1n) is 13.1. The number of nitrogens with two attached hydrogens (primary N) is 1. The molecule has 1 amide bonds. The van der Waals surface area contributed by atoms with Crippen LogP contribution < -0.4 is 16.0 Å².